The molecule has 2 unspecified atom stereocenters. The SMILES string of the molecule is CCCC(P)=C(CCC)C(C)CCC. The fourth-order valence-electron chi connectivity index (χ4n) is 2.03. The third kappa shape index (κ3) is 5.15. The fourth-order valence-corrected chi connectivity index (χ4v) is 2.75. The summed E-state index contributed by atoms with van der Waals surface area (Å²) in [5.41, 5.74) is 1.71. The zero-order chi connectivity index (χ0) is 11.0. The summed E-state index contributed by atoms with van der Waals surface area (Å²) in [6, 6.07) is 0. The summed E-state index contributed by atoms with van der Waals surface area (Å²) in [4.78, 5) is 0. The molecular weight excluding hydrogens is 187 g/mol. The Kier molecular flexibility index (Phi) is 8.58. The quantitative estimate of drug-likeness (QED) is 0.514. The van der Waals surface area contributed by atoms with Gasteiger partial charge in [0.05, 0.1) is 0 Å². The molecule has 84 valence electrons. The Hall–Kier alpha value is 0.170. The molecule has 0 bridgehead atoms. The lowest BCUT2D eigenvalue weighted by Gasteiger charge is -2.18. The molecule has 0 aliphatic rings. The minimum absolute atomic E-state index is 0.791. The standard InChI is InChI=1S/C13H27P/c1-5-8-11(4)12(9-6-2)13(14)10-7-3/h11H,5-10,14H2,1-4H3. The van der Waals surface area contributed by atoms with Crippen LogP contribution >= 0.6 is 9.24 Å². The highest BCUT2D eigenvalue weighted by molar-refractivity contribution is 7.22. The molecule has 0 aliphatic heterocycles. The molecule has 0 aromatic carbocycles. The molecule has 0 spiro atoms. The first-order chi connectivity index (χ1) is 6.67. The maximum Gasteiger partial charge on any atom is -0.0226 e. The van der Waals surface area contributed by atoms with Gasteiger partial charge >= 0.3 is 0 Å². The average molecular weight is 214 g/mol. The maximum absolute atomic E-state index is 2.97. The van der Waals surface area contributed by atoms with Gasteiger partial charge in [0, 0.05) is 0 Å². The first-order valence-electron chi connectivity index (χ1n) is 6.14. The largest absolute Gasteiger partial charge is 0.110 e. The average Bonchev–Trinajstić information content (AvgIpc) is 2.14. The van der Waals surface area contributed by atoms with Crippen LogP contribution < -0.4 is 0 Å². The van der Waals surface area contributed by atoms with Crippen molar-refractivity contribution >= 4 is 9.24 Å². The highest BCUT2D eigenvalue weighted by Crippen LogP contribution is 2.30. The summed E-state index contributed by atoms with van der Waals surface area (Å²) in [6.07, 6.45) is 7.75. The lowest BCUT2D eigenvalue weighted by atomic mass is 9.91. The lowest BCUT2D eigenvalue weighted by Crippen LogP contribution is -2.01. The molecule has 0 nitrogen and oxygen atoms in total. The topological polar surface area (TPSA) is 0 Å². The molecule has 0 heterocycles. The molecule has 0 amide bonds. The lowest BCUT2D eigenvalue weighted by molar-refractivity contribution is 0.570. The first kappa shape index (κ1) is 14.2. The Morgan fingerprint density at radius 2 is 1.57 bits per heavy atom. The van der Waals surface area contributed by atoms with Crippen molar-refractivity contribution in [3.63, 3.8) is 0 Å². The minimum Gasteiger partial charge on any atom is -0.110 e. The smallest absolute Gasteiger partial charge is 0.0226 e. The van der Waals surface area contributed by atoms with Crippen LogP contribution in [0.5, 0.6) is 0 Å². The second kappa shape index (κ2) is 8.48. The predicted molar refractivity (Wildman–Crippen MR) is 70.6 cm³/mol. The van der Waals surface area contributed by atoms with E-state index in [-0.39, 0.29) is 0 Å². The third-order valence-corrected chi connectivity index (χ3v) is 3.43. The van der Waals surface area contributed by atoms with Crippen LogP contribution in [0.25, 0.3) is 0 Å². The molecule has 1 heteroatoms. The zero-order valence-corrected chi connectivity index (χ0v) is 11.6. The molecule has 14 heavy (non-hydrogen) atoms. The molecule has 0 fully saturated rings. The summed E-state index contributed by atoms with van der Waals surface area (Å²) in [7, 11) is 2.97. The summed E-state index contributed by atoms with van der Waals surface area (Å²) >= 11 is 0. The van der Waals surface area contributed by atoms with E-state index in [4.69, 9.17) is 0 Å². The van der Waals surface area contributed by atoms with E-state index in [0.717, 1.165) is 5.92 Å². The molecule has 0 aromatic heterocycles. The van der Waals surface area contributed by atoms with E-state index in [2.05, 4.69) is 36.9 Å². The van der Waals surface area contributed by atoms with E-state index in [1.54, 1.807) is 10.9 Å². The zero-order valence-electron chi connectivity index (χ0n) is 10.4. The number of hydrogen-bond acceptors (Lipinski definition) is 0. The molecule has 0 saturated carbocycles. The van der Waals surface area contributed by atoms with E-state index in [9.17, 15) is 0 Å². The number of hydrogen-bond donors (Lipinski definition) is 0. The van der Waals surface area contributed by atoms with E-state index in [1.165, 1.54) is 38.5 Å². The van der Waals surface area contributed by atoms with Gasteiger partial charge in [0.25, 0.3) is 0 Å². The van der Waals surface area contributed by atoms with Gasteiger partial charge in [-0.05, 0) is 25.2 Å². The van der Waals surface area contributed by atoms with Crippen LogP contribution in [0.15, 0.2) is 10.9 Å². The Morgan fingerprint density at radius 3 is 2.00 bits per heavy atom. The summed E-state index contributed by atoms with van der Waals surface area (Å²) < 4.78 is 0. The van der Waals surface area contributed by atoms with Crippen LogP contribution in [0.4, 0.5) is 0 Å². The summed E-state index contributed by atoms with van der Waals surface area (Å²) in [6.45, 7) is 9.21. The Labute approximate surface area is 92.8 Å². The maximum atomic E-state index is 2.97. The third-order valence-electron chi connectivity index (χ3n) is 2.77. The molecule has 0 aliphatic carbocycles. The van der Waals surface area contributed by atoms with Crippen LogP contribution in [0, 0.1) is 5.92 Å². The van der Waals surface area contributed by atoms with Crippen molar-refractivity contribution in [2.45, 2.75) is 66.2 Å². The van der Waals surface area contributed by atoms with E-state index in [0.29, 0.717) is 0 Å². The molecular formula is C13H27P. The highest BCUT2D eigenvalue weighted by atomic mass is 31.0. The van der Waals surface area contributed by atoms with Crippen molar-refractivity contribution in [2.24, 2.45) is 5.92 Å². The van der Waals surface area contributed by atoms with Gasteiger partial charge in [0.1, 0.15) is 0 Å². The van der Waals surface area contributed by atoms with Crippen molar-refractivity contribution in [3.05, 3.63) is 10.9 Å². The highest BCUT2D eigenvalue weighted by Gasteiger charge is 2.09. The first-order valence-corrected chi connectivity index (χ1v) is 6.72. The molecule has 0 aromatic rings. The minimum atomic E-state index is 0.791. The van der Waals surface area contributed by atoms with Gasteiger partial charge in [0.15, 0.2) is 0 Å². The van der Waals surface area contributed by atoms with Crippen molar-refractivity contribution in [1.29, 1.82) is 0 Å². The van der Waals surface area contributed by atoms with Crippen molar-refractivity contribution < 1.29 is 0 Å². The van der Waals surface area contributed by atoms with Crippen molar-refractivity contribution in [1.82, 2.24) is 0 Å². The van der Waals surface area contributed by atoms with E-state index < -0.39 is 0 Å². The fraction of sp³-hybridized carbons (Fsp3) is 0.846. The summed E-state index contributed by atoms with van der Waals surface area (Å²) in [5.74, 6) is 0.791. The van der Waals surface area contributed by atoms with Crippen LogP contribution in [0.2, 0.25) is 0 Å². The van der Waals surface area contributed by atoms with Gasteiger partial charge in [0.2, 0.25) is 0 Å². The predicted octanol–water partition coefficient (Wildman–Crippen LogP) is 5.15. The summed E-state index contributed by atoms with van der Waals surface area (Å²) in [5, 5.41) is 1.58. The van der Waals surface area contributed by atoms with Crippen LogP contribution in [0.3, 0.4) is 0 Å². The second-order valence-electron chi connectivity index (χ2n) is 4.24. The Balaban J connectivity index is 4.46. The molecule has 0 radical (unpaired) electrons. The molecule has 2 atom stereocenters. The monoisotopic (exact) mass is 214 g/mol. The van der Waals surface area contributed by atoms with Gasteiger partial charge in [-0.2, -0.15) is 0 Å². The van der Waals surface area contributed by atoms with Crippen molar-refractivity contribution in [2.75, 3.05) is 0 Å². The van der Waals surface area contributed by atoms with Crippen LogP contribution in [0.1, 0.15) is 66.2 Å². The van der Waals surface area contributed by atoms with E-state index in [1.807, 2.05) is 0 Å². The Bertz CT molecular complexity index is 170. The molecule has 0 N–H and O–H groups in total. The molecule has 0 saturated heterocycles. The van der Waals surface area contributed by atoms with Gasteiger partial charge < -0.3 is 0 Å². The normalized spacial score (nSPS) is 15.2. The van der Waals surface area contributed by atoms with Gasteiger partial charge in [-0.15, -0.1) is 9.24 Å². The van der Waals surface area contributed by atoms with Crippen LogP contribution in [-0.4, -0.2) is 0 Å². The molecule has 0 rings (SSSR count). The van der Waals surface area contributed by atoms with Gasteiger partial charge in [-0.25, -0.2) is 0 Å². The number of rotatable bonds is 7. The number of allylic oxidation sites excluding steroid dienone is 2. The van der Waals surface area contributed by atoms with Crippen molar-refractivity contribution in [3.8, 4) is 0 Å². The van der Waals surface area contributed by atoms with E-state index >= 15 is 0 Å². The Morgan fingerprint density at radius 1 is 1.00 bits per heavy atom. The van der Waals surface area contributed by atoms with Crippen LogP contribution in [-0.2, 0) is 0 Å². The van der Waals surface area contributed by atoms with Gasteiger partial charge in [-0.1, -0.05) is 57.8 Å². The second-order valence-corrected chi connectivity index (χ2v) is 4.94. The van der Waals surface area contributed by atoms with Gasteiger partial charge in [-0.3, -0.25) is 0 Å².